The molecule has 24 heavy (non-hydrogen) atoms. The second kappa shape index (κ2) is 6.58. The minimum absolute atomic E-state index is 0.0318. The molecule has 1 aliphatic heterocycles. The van der Waals surface area contributed by atoms with Crippen molar-refractivity contribution in [2.75, 3.05) is 6.54 Å². The van der Waals surface area contributed by atoms with Gasteiger partial charge in [0.2, 0.25) is 11.8 Å². The maximum Gasteiger partial charge on any atom is 0.225 e. The van der Waals surface area contributed by atoms with Crippen LogP contribution in [-0.2, 0) is 29.0 Å². The molecular weight excluding hydrogens is 300 g/mol. The zero-order valence-electron chi connectivity index (χ0n) is 14.2. The summed E-state index contributed by atoms with van der Waals surface area (Å²) in [5.74, 6) is 0.0245. The number of benzene rings is 1. The van der Waals surface area contributed by atoms with Gasteiger partial charge in [-0.15, -0.1) is 0 Å². The summed E-state index contributed by atoms with van der Waals surface area (Å²) in [4.78, 5) is 26.7. The number of aryl methyl sites for hydroxylation is 2. The molecule has 0 aromatic heterocycles. The van der Waals surface area contributed by atoms with Crippen molar-refractivity contribution < 1.29 is 9.59 Å². The van der Waals surface area contributed by atoms with Gasteiger partial charge in [-0.1, -0.05) is 31.0 Å². The first kappa shape index (κ1) is 15.7. The molecule has 0 radical (unpaired) electrons. The maximum atomic E-state index is 12.5. The highest BCUT2D eigenvalue weighted by Crippen LogP contribution is 2.29. The largest absolute Gasteiger partial charge is 0.352 e. The Morgan fingerprint density at radius 3 is 2.75 bits per heavy atom. The summed E-state index contributed by atoms with van der Waals surface area (Å²) >= 11 is 0. The summed E-state index contributed by atoms with van der Waals surface area (Å²) in [6, 6.07) is 6.93. The summed E-state index contributed by atoms with van der Waals surface area (Å²) in [5.41, 5.74) is 4.06. The molecule has 1 atom stereocenters. The number of rotatable bonds is 4. The lowest BCUT2D eigenvalue weighted by Gasteiger charge is -2.23. The van der Waals surface area contributed by atoms with Crippen molar-refractivity contribution in [3.63, 3.8) is 0 Å². The number of fused-ring (bicyclic) bond motifs is 1. The zero-order valence-corrected chi connectivity index (χ0v) is 14.2. The fourth-order valence-electron chi connectivity index (χ4n) is 4.54. The highest BCUT2D eigenvalue weighted by Gasteiger charge is 2.38. The van der Waals surface area contributed by atoms with Crippen molar-refractivity contribution in [3.05, 3.63) is 34.9 Å². The van der Waals surface area contributed by atoms with E-state index < -0.39 is 0 Å². The van der Waals surface area contributed by atoms with Crippen LogP contribution in [0.2, 0.25) is 0 Å². The molecule has 4 heteroatoms. The molecule has 1 saturated carbocycles. The van der Waals surface area contributed by atoms with Crippen molar-refractivity contribution in [2.45, 2.75) is 64.0 Å². The second-order valence-electron chi connectivity index (χ2n) is 7.56. The molecule has 2 aliphatic carbocycles. The normalized spacial score (nSPS) is 23.8. The number of carbonyl (C=O) groups excluding carboxylic acids is 2. The Labute approximate surface area is 143 Å². The first-order chi connectivity index (χ1) is 11.7. The summed E-state index contributed by atoms with van der Waals surface area (Å²) < 4.78 is 0. The van der Waals surface area contributed by atoms with Crippen LogP contribution in [0.25, 0.3) is 0 Å². The molecule has 0 bridgehead atoms. The standard InChI is InChI=1S/C20H26N2O2/c23-19-11-17(13-22(19)18-6-1-2-7-18)20(24)21-12-14-8-9-15-4-3-5-16(15)10-14/h8-10,17-18H,1-7,11-13H2,(H,21,24). The molecule has 4 rings (SSSR count). The molecule has 3 aliphatic rings. The molecule has 1 unspecified atom stereocenters. The molecular formula is C20H26N2O2. The Hall–Kier alpha value is -1.84. The van der Waals surface area contributed by atoms with Crippen LogP contribution in [0, 0.1) is 5.92 Å². The second-order valence-corrected chi connectivity index (χ2v) is 7.56. The Bertz CT molecular complexity index is 649. The lowest BCUT2D eigenvalue weighted by atomic mass is 10.1. The first-order valence-corrected chi connectivity index (χ1v) is 9.38. The van der Waals surface area contributed by atoms with Crippen LogP contribution in [0.3, 0.4) is 0 Å². The topological polar surface area (TPSA) is 49.4 Å². The fourth-order valence-corrected chi connectivity index (χ4v) is 4.54. The van der Waals surface area contributed by atoms with Crippen LogP contribution >= 0.6 is 0 Å². The predicted octanol–water partition coefficient (Wildman–Crippen LogP) is 2.58. The van der Waals surface area contributed by atoms with Gasteiger partial charge in [-0.3, -0.25) is 9.59 Å². The molecule has 2 fully saturated rings. The highest BCUT2D eigenvalue weighted by atomic mass is 16.2. The molecule has 1 saturated heterocycles. The third kappa shape index (κ3) is 3.06. The number of amides is 2. The Balaban J connectivity index is 1.32. The lowest BCUT2D eigenvalue weighted by molar-refractivity contribution is -0.130. The SMILES string of the molecule is O=C(NCc1ccc2c(c1)CCC2)C1CC(=O)N(C2CCCC2)C1. The summed E-state index contributed by atoms with van der Waals surface area (Å²) in [6.07, 6.45) is 8.60. The summed E-state index contributed by atoms with van der Waals surface area (Å²) in [5, 5.41) is 3.05. The zero-order chi connectivity index (χ0) is 16.5. The lowest BCUT2D eigenvalue weighted by Crippen LogP contribution is -2.36. The predicted molar refractivity (Wildman–Crippen MR) is 92.4 cm³/mol. The Morgan fingerprint density at radius 2 is 1.92 bits per heavy atom. The van der Waals surface area contributed by atoms with E-state index in [4.69, 9.17) is 0 Å². The highest BCUT2D eigenvalue weighted by molar-refractivity contribution is 5.89. The molecule has 0 spiro atoms. The van der Waals surface area contributed by atoms with Gasteiger partial charge in [0.15, 0.2) is 0 Å². The number of hydrogen-bond acceptors (Lipinski definition) is 2. The van der Waals surface area contributed by atoms with Crippen molar-refractivity contribution in [3.8, 4) is 0 Å². The van der Waals surface area contributed by atoms with Crippen LogP contribution in [0.15, 0.2) is 18.2 Å². The minimum Gasteiger partial charge on any atom is -0.352 e. The molecule has 2 amide bonds. The van der Waals surface area contributed by atoms with E-state index in [2.05, 4.69) is 23.5 Å². The van der Waals surface area contributed by atoms with Crippen LogP contribution < -0.4 is 5.32 Å². The van der Waals surface area contributed by atoms with E-state index in [0.29, 0.717) is 25.6 Å². The van der Waals surface area contributed by atoms with Gasteiger partial charge in [-0.05, 0) is 48.8 Å². The van der Waals surface area contributed by atoms with Gasteiger partial charge in [0.1, 0.15) is 0 Å². The molecule has 1 aromatic carbocycles. The van der Waals surface area contributed by atoms with Crippen molar-refractivity contribution in [1.82, 2.24) is 10.2 Å². The van der Waals surface area contributed by atoms with Crippen molar-refractivity contribution in [2.24, 2.45) is 5.92 Å². The maximum absolute atomic E-state index is 12.5. The van der Waals surface area contributed by atoms with Gasteiger partial charge < -0.3 is 10.2 Å². The van der Waals surface area contributed by atoms with Crippen LogP contribution in [0.5, 0.6) is 0 Å². The van der Waals surface area contributed by atoms with E-state index >= 15 is 0 Å². The van der Waals surface area contributed by atoms with Gasteiger partial charge in [-0.25, -0.2) is 0 Å². The smallest absolute Gasteiger partial charge is 0.225 e. The molecule has 128 valence electrons. The van der Waals surface area contributed by atoms with Gasteiger partial charge in [0.05, 0.1) is 5.92 Å². The van der Waals surface area contributed by atoms with E-state index in [1.54, 1.807) is 0 Å². The third-order valence-corrected chi connectivity index (χ3v) is 5.92. The molecule has 4 nitrogen and oxygen atoms in total. The van der Waals surface area contributed by atoms with E-state index in [9.17, 15) is 9.59 Å². The third-order valence-electron chi connectivity index (χ3n) is 5.92. The first-order valence-electron chi connectivity index (χ1n) is 9.38. The van der Waals surface area contributed by atoms with E-state index in [1.165, 1.54) is 42.4 Å². The number of nitrogens with one attached hydrogen (secondary N) is 1. The van der Waals surface area contributed by atoms with E-state index in [1.807, 2.05) is 4.90 Å². The summed E-state index contributed by atoms with van der Waals surface area (Å²) in [6.45, 7) is 1.18. The average Bonchev–Trinajstić information content (AvgIpc) is 3.31. The number of likely N-dealkylation sites (tertiary alicyclic amines) is 1. The minimum atomic E-state index is -0.174. The van der Waals surface area contributed by atoms with Gasteiger partial charge >= 0.3 is 0 Å². The summed E-state index contributed by atoms with van der Waals surface area (Å²) in [7, 11) is 0. The van der Waals surface area contributed by atoms with E-state index in [-0.39, 0.29) is 17.7 Å². The van der Waals surface area contributed by atoms with Crippen LogP contribution in [-0.4, -0.2) is 29.3 Å². The van der Waals surface area contributed by atoms with E-state index in [0.717, 1.165) is 19.3 Å². The quantitative estimate of drug-likeness (QED) is 0.924. The molecule has 1 aromatic rings. The number of hydrogen-bond donors (Lipinski definition) is 1. The van der Waals surface area contributed by atoms with Crippen LogP contribution in [0.1, 0.15) is 55.2 Å². The fraction of sp³-hybridized carbons (Fsp3) is 0.600. The average molecular weight is 326 g/mol. The van der Waals surface area contributed by atoms with Gasteiger partial charge in [0, 0.05) is 25.6 Å². The number of nitrogens with zero attached hydrogens (tertiary/aromatic N) is 1. The van der Waals surface area contributed by atoms with Gasteiger partial charge in [0.25, 0.3) is 0 Å². The Morgan fingerprint density at radius 1 is 1.12 bits per heavy atom. The monoisotopic (exact) mass is 326 g/mol. The Kier molecular flexibility index (Phi) is 4.30. The molecule has 1 N–H and O–H groups in total. The van der Waals surface area contributed by atoms with Crippen LogP contribution in [0.4, 0.5) is 0 Å². The van der Waals surface area contributed by atoms with Crippen molar-refractivity contribution >= 4 is 11.8 Å². The molecule has 1 heterocycles. The number of carbonyl (C=O) groups is 2. The van der Waals surface area contributed by atoms with Gasteiger partial charge in [-0.2, -0.15) is 0 Å². The van der Waals surface area contributed by atoms with Crippen molar-refractivity contribution in [1.29, 1.82) is 0 Å².